The van der Waals surface area contributed by atoms with Crippen LogP contribution in [0.15, 0.2) is 23.0 Å². The molecule has 22 heavy (non-hydrogen) atoms. The lowest BCUT2D eigenvalue weighted by molar-refractivity contribution is -0.384. The predicted octanol–water partition coefficient (Wildman–Crippen LogP) is -0.323. The highest BCUT2D eigenvalue weighted by molar-refractivity contribution is 5.99. The number of nitrogens with zero attached hydrogens (tertiary/aromatic N) is 4. The van der Waals surface area contributed by atoms with Crippen molar-refractivity contribution < 1.29 is 14.5 Å². The molecule has 0 saturated carbocycles. The van der Waals surface area contributed by atoms with Crippen LogP contribution in [0.2, 0.25) is 0 Å². The van der Waals surface area contributed by atoms with Crippen LogP contribution in [-0.2, 0) is 9.59 Å². The molecule has 2 aromatic rings. The molecular formula is C12H9N5O5. The third-order valence-corrected chi connectivity index (χ3v) is 3.38. The molecule has 0 bridgehead atoms. The standard InChI is InChI=1S/C12H9N5O5/c18-10-4-3-9(11(19)13-10)16-12(20)7-5-6(17(21)22)1-2-8(7)14-15-16/h1-2,5,9H,3-4H2,(H,13,18,19)/t9-/m0/s1. The van der Waals surface area contributed by atoms with Crippen LogP contribution in [0.4, 0.5) is 5.69 Å². The topological polar surface area (TPSA) is 137 Å². The Balaban J connectivity index is 2.13. The van der Waals surface area contributed by atoms with E-state index in [4.69, 9.17) is 0 Å². The van der Waals surface area contributed by atoms with E-state index in [1.807, 2.05) is 0 Å². The summed E-state index contributed by atoms with van der Waals surface area (Å²) in [5, 5.41) is 20.4. The number of nitro benzene ring substituents is 1. The molecule has 1 aliphatic heterocycles. The Morgan fingerprint density at radius 2 is 2.09 bits per heavy atom. The molecule has 10 nitrogen and oxygen atoms in total. The number of amides is 2. The van der Waals surface area contributed by atoms with Gasteiger partial charge >= 0.3 is 0 Å². The van der Waals surface area contributed by atoms with Gasteiger partial charge in [-0.15, -0.1) is 5.10 Å². The number of imide groups is 1. The van der Waals surface area contributed by atoms with E-state index in [2.05, 4.69) is 15.6 Å². The second-order valence-corrected chi connectivity index (χ2v) is 4.76. The van der Waals surface area contributed by atoms with Crippen molar-refractivity contribution in [1.29, 1.82) is 0 Å². The zero-order valence-corrected chi connectivity index (χ0v) is 11.1. The van der Waals surface area contributed by atoms with Gasteiger partial charge in [0.2, 0.25) is 5.91 Å². The minimum Gasteiger partial charge on any atom is -0.295 e. The van der Waals surface area contributed by atoms with Gasteiger partial charge in [-0.1, -0.05) is 5.21 Å². The van der Waals surface area contributed by atoms with E-state index >= 15 is 0 Å². The Morgan fingerprint density at radius 1 is 1.32 bits per heavy atom. The SMILES string of the molecule is O=C1CC[C@H](n2nnc3ccc([N+](=O)[O-])cc3c2=O)C(=O)N1. The van der Waals surface area contributed by atoms with E-state index in [0.29, 0.717) is 0 Å². The highest BCUT2D eigenvalue weighted by Crippen LogP contribution is 2.19. The number of fused-ring (bicyclic) bond motifs is 1. The number of carbonyl (C=O) groups is 2. The maximum Gasteiger partial charge on any atom is 0.278 e. The quantitative estimate of drug-likeness (QED) is 0.455. The van der Waals surface area contributed by atoms with Crippen LogP contribution in [0.3, 0.4) is 0 Å². The first-order valence-electron chi connectivity index (χ1n) is 6.35. The van der Waals surface area contributed by atoms with Crippen LogP contribution in [0.25, 0.3) is 10.9 Å². The van der Waals surface area contributed by atoms with Gasteiger partial charge in [0.1, 0.15) is 11.6 Å². The van der Waals surface area contributed by atoms with Gasteiger partial charge in [-0.2, -0.15) is 4.68 Å². The van der Waals surface area contributed by atoms with E-state index in [-0.39, 0.29) is 29.4 Å². The second kappa shape index (κ2) is 4.98. The van der Waals surface area contributed by atoms with E-state index < -0.39 is 28.3 Å². The van der Waals surface area contributed by atoms with Gasteiger partial charge in [-0.05, 0) is 12.5 Å². The highest BCUT2D eigenvalue weighted by Gasteiger charge is 2.30. The summed E-state index contributed by atoms with van der Waals surface area (Å²) in [4.78, 5) is 45.5. The van der Waals surface area contributed by atoms with E-state index in [1.54, 1.807) is 0 Å². The molecule has 1 fully saturated rings. The largest absolute Gasteiger partial charge is 0.295 e. The van der Waals surface area contributed by atoms with Crippen LogP contribution in [-0.4, -0.2) is 31.7 Å². The number of non-ortho nitro benzene ring substituents is 1. The number of nitro groups is 1. The summed E-state index contributed by atoms with van der Waals surface area (Å²) in [5.41, 5.74) is -0.727. The van der Waals surface area contributed by atoms with Crippen molar-refractivity contribution in [3.8, 4) is 0 Å². The monoisotopic (exact) mass is 303 g/mol. The van der Waals surface area contributed by atoms with Crippen molar-refractivity contribution in [3.05, 3.63) is 38.7 Å². The third-order valence-electron chi connectivity index (χ3n) is 3.38. The van der Waals surface area contributed by atoms with Crippen LogP contribution in [0.5, 0.6) is 0 Å². The van der Waals surface area contributed by atoms with Gasteiger partial charge < -0.3 is 0 Å². The van der Waals surface area contributed by atoms with Crippen molar-refractivity contribution in [1.82, 2.24) is 20.3 Å². The first kappa shape index (κ1) is 13.8. The lowest BCUT2D eigenvalue weighted by Crippen LogP contribution is -2.45. The van der Waals surface area contributed by atoms with Crippen molar-refractivity contribution in [2.45, 2.75) is 18.9 Å². The zero-order chi connectivity index (χ0) is 15.9. The van der Waals surface area contributed by atoms with Crippen molar-refractivity contribution in [3.63, 3.8) is 0 Å². The van der Waals surface area contributed by atoms with Crippen molar-refractivity contribution in [2.75, 3.05) is 0 Å². The Hall–Kier alpha value is -3.17. The Kier molecular flexibility index (Phi) is 3.13. The molecule has 1 atom stereocenters. The number of hydrogen-bond acceptors (Lipinski definition) is 7. The molecule has 0 unspecified atom stereocenters. The molecule has 1 saturated heterocycles. The zero-order valence-electron chi connectivity index (χ0n) is 11.1. The number of hydrogen-bond donors (Lipinski definition) is 1. The molecule has 2 heterocycles. The Morgan fingerprint density at radius 3 is 2.77 bits per heavy atom. The predicted molar refractivity (Wildman–Crippen MR) is 71.9 cm³/mol. The molecule has 0 radical (unpaired) electrons. The summed E-state index contributed by atoms with van der Waals surface area (Å²) in [5.74, 6) is -1.06. The molecular weight excluding hydrogens is 294 g/mol. The Labute approximate surface area is 121 Å². The fourth-order valence-electron chi connectivity index (χ4n) is 2.28. The highest BCUT2D eigenvalue weighted by atomic mass is 16.6. The van der Waals surface area contributed by atoms with Gasteiger partial charge in [-0.25, -0.2) is 0 Å². The van der Waals surface area contributed by atoms with Gasteiger partial charge in [0.15, 0.2) is 0 Å². The molecule has 3 rings (SSSR count). The van der Waals surface area contributed by atoms with Gasteiger partial charge in [0.25, 0.3) is 17.2 Å². The lowest BCUT2D eigenvalue weighted by atomic mass is 10.1. The van der Waals surface area contributed by atoms with Crippen LogP contribution in [0.1, 0.15) is 18.9 Å². The number of nitrogens with one attached hydrogen (secondary N) is 1. The van der Waals surface area contributed by atoms with Gasteiger partial charge in [0.05, 0.1) is 10.3 Å². The lowest BCUT2D eigenvalue weighted by Gasteiger charge is -2.21. The third kappa shape index (κ3) is 2.20. The summed E-state index contributed by atoms with van der Waals surface area (Å²) in [6, 6.07) is 2.67. The summed E-state index contributed by atoms with van der Waals surface area (Å²) >= 11 is 0. The molecule has 1 aromatic heterocycles. The molecule has 1 N–H and O–H groups in total. The summed E-state index contributed by atoms with van der Waals surface area (Å²) in [7, 11) is 0. The van der Waals surface area contributed by atoms with Crippen LogP contribution >= 0.6 is 0 Å². The number of rotatable bonds is 2. The Bertz CT molecular complexity index is 874. The van der Waals surface area contributed by atoms with Crippen LogP contribution in [0, 0.1) is 10.1 Å². The average molecular weight is 303 g/mol. The molecule has 1 aromatic carbocycles. The maximum atomic E-state index is 12.4. The molecule has 112 valence electrons. The maximum absolute atomic E-state index is 12.4. The number of piperidine rings is 1. The second-order valence-electron chi connectivity index (χ2n) is 4.76. The summed E-state index contributed by atoms with van der Waals surface area (Å²) in [6.45, 7) is 0. The smallest absolute Gasteiger partial charge is 0.278 e. The molecule has 10 heteroatoms. The van der Waals surface area contributed by atoms with Crippen LogP contribution < -0.4 is 10.9 Å². The molecule has 0 aliphatic carbocycles. The van der Waals surface area contributed by atoms with E-state index in [0.717, 1.165) is 10.7 Å². The average Bonchev–Trinajstić information content (AvgIpc) is 2.48. The number of benzene rings is 1. The molecule has 0 spiro atoms. The number of carbonyl (C=O) groups excluding carboxylic acids is 2. The van der Waals surface area contributed by atoms with E-state index in [9.17, 15) is 24.5 Å². The normalized spacial score (nSPS) is 18.3. The van der Waals surface area contributed by atoms with Crippen molar-refractivity contribution in [2.24, 2.45) is 0 Å². The summed E-state index contributed by atoms with van der Waals surface area (Å²) in [6.07, 6.45) is 0.206. The van der Waals surface area contributed by atoms with Crippen molar-refractivity contribution >= 4 is 28.4 Å². The molecule has 1 aliphatic rings. The summed E-state index contributed by atoms with van der Waals surface area (Å²) < 4.78 is 0.855. The first-order valence-corrected chi connectivity index (χ1v) is 6.35. The van der Waals surface area contributed by atoms with E-state index in [1.165, 1.54) is 12.1 Å². The fourth-order valence-corrected chi connectivity index (χ4v) is 2.28. The fraction of sp³-hybridized carbons (Fsp3) is 0.250. The van der Waals surface area contributed by atoms with Gasteiger partial charge in [0, 0.05) is 18.6 Å². The van der Waals surface area contributed by atoms with Gasteiger partial charge in [-0.3, -0.25) is 29.8 Å². The molecule has 2 amide bonds. The first-order chi connectivity index (χ1) is 10.5. The minimum atomic E-state index is -0.957. The number of aromatic nitrogens is 3. The minimum absolute atomic E-state index is 0.00565.